The molecule has 5 heteroatoms. The van der Waals surface area contributed by atoms with Crippen molar-refractivity contribution < 1.29 is 0 Å². The van der Waals surface area contributed by atoms with E-state index in [-0.39, 0.29) is 0 Å². The second kappa shape index (κ2) is 12.2. The lowest BCUT2D eigenvalue weighted by Gasteiger charge is -2.11. The Morgan fingerprint density at radius 1 is 0.339 bits per heavy atom. The number of hydrogen-bond donors (Lipinski definition) is 0. The Morgan fingerprint density at radius 2 is 0.893 bits per heavy atom. The minimum Gasteiger partial charge on any atom is -0.308 e. The summed E-state index contributed by atoms with van der Waals surface area (Å²) in [6, 6.07) is 64.8. The summed E-state index contributed by atoms with van der Waals surface area (Å²) >= 11 is 1.87. The summed E-state index contributed by atoms with van der Waals surface area (Å²) in [5.41, 5.74) is 11.2. The molecular weight excluding hydrogens is 701 g/mol. The van der Waals surface area contributed by atoms with E-state index in [0.717, 1.165) is 33.4 Å². The van der Waals surface area contributed by atoms with Crippen molar-refractivity contribution in [2.75, 3.05) is 0 Å². The van der Waals surface area contributed by atoms with Crippen LogP contribution in [0.4, 0.5) is 0 Å². The van der Waals surface area contributed by atoms with E-state index in [1.165, 1.54) is 63.8 Å². The van der Waals surface area contributed by atoms with Crippen molar-refractivity contribution in [3.05, 3.63) is 182 Å². The van der Waals surface area contributed by atoms with E-state index < -0.39 is 0 Å². The maximum Gasteiger partial charge on any atom is 0.164 e. The Balaban J connectivity index is 1.04. The van der Waals surface area contributed by atoms with Gasteiger partial charge in [0.15, 0.2) is 17.5 Å². The van der Waals surface area contributed by atoms with Crippen molar-refractivity contribution in [3.63, 3.8) is 0 Å². The maximum atomic E-state index is 5.15. The summed E-state index contributed by atoms with van der Waals surface area (Å²) in [6.07, 6.45) is 0. The first kappa shape index (κ1) is 31.2. The van der Waals surface area contributed by atoms with Gasteiger partial charge in [0.2, 0.25) is 0 Å². The zero-order valence-corrected chi connectivity index (χ0v) is 30.8. The highest BCUT2D eigenvalue weighted by Gasteiger charge is 2.20. The molecule has 0 bridgehead atoms. The molecular formula is C51H30N4S. The molecule has 0 spiro atoms. The first-order valence-electron chi connectivity index (χ1n) is 18.9. The van der Waals surface area contributed by atoms with Gasteiger partial charge in [-0.25, -0.2) is 15.0 Å². The van der Waals surface area contributed by atoms with Crippen LogP contribution in [0.15, 0.2) is 182 Å². The minimum absolute atomic E-state index is 0.641. The second-order valence-electron chi connectivity index (χ2n) is 14.4. The van der Waals surface area contributed by atoms with Gasteiger partial charge < -0.3 is 4.40 Å². The molecule has 12 aromatic rings. The van der Waals surface area contributed by atoms with Crippen molar-refractivity contribution in [2.24, 2.45) is 0 Å². The molecule has 8 aromatic carbocycles. The fourth-order valence-corrected chi connectivity index (χ4v) is 9.79. The summed E-state index contributed by atoms with van der Waals surface area (Å²) in [5, 5.41) is 7.75. The molecule has 0 saturated heterocycles. The minimum atomic E-state index is 0.641. The van der Waals surface area contributed by atoms with Crippen LogP contribution in [0, 0.1) is 0 Å². The summed E-state index contributed by atoms with van der Waals surface area (Å²) in [7, 11) is 0. The number of rotatable bonds is 5. The van der Waals surface area contributed by atoms with E-state index in [1.54, 1.807) is 0 Å². The van der Waals surface area contributed by atoms with Gasteiger partial charge in [0.05, 0.1) is 16.6 Å². The first-order chi connectivity index (χ1) is 27.7. The number of fused-ring (bicyclic) bond motifs is 9. The number of nitrogens with zero attached hydrogens (tertiary/aromatic N) is 4. The zero-order chi connectivity index (χ0) is 36.7. The predicted octanol–water partition coefficient (Wildman–Crippen LogP) is 13.7. The Labute approximate surface area is 326 Å². The molecule has 4 nitrogen and oxygen atoms in total. The number of thiophene rings is 1. The van der Waals surface area contributed by atoms with Crippen molar-refractivity contribution in [1.82, 2.24) is 19.4 Å². The predicted molar refractivity (Wildman–Crippen MR) is 235 cm³/mol. The lowest BCUT2D eigenvalue weighted by molar-refractivity contribution is 1.07. The smallest absolute Gasteiger partial charge is 0.164 e. The molecule has 0 fully saturated rings. The average molecular weight is 731 g/mol. The van der Waals surface area contributed by atoms with Gasteiger partial charge in [-0.15, -0.1) is 11.3 Å². The van der Waals surface area contributed by atoms with Gasteiger partial charge in [-0.2, -0.15) is 0 Å². The molecule has 0 atom stereocenters. The molecule has 260 valence electrons. The maximum absolute atomic E-state index is 5.15. The van der Waals surface area contributed by atoms with Crippen LogP contribution in [0.25, 0.3) is 115 Å². The van der Waals surface area contributed by atoms with Crippen molar-refractivity contribution in [1.29, 1.82) is 0 Å². The fraction of sp³-hybridized carbons (Fsp3) is 0. The van der Waals surface area contributed by atoms with Crippen LogP contribution < -0.4 is 0 Å². The van der Waals surface area contributed by atoms with Gasteiger partial charge in [0.25, 0.3) is 0 Å². The molecule has 0 radical (unpaired) electrons. The third kappa shape index (κ3) is 4.75. The Kier molecular flexibility index (Phi) is 6.76. The van der Waals surface area contributed by atoms with Crippen LogP contribution in [0.1, 0.15) is 0 Å². The highest BCUT2D eigenvalue weighted by Crippen LogP contribution is 2.45. The van der Waals surface area contributed by atoms with Crippen LogP contribution in [0.3, 0.4) is 0 Å². The SMILES string of the molecule is c1ccc(-c2cccc(-c3nc(-c4ccccc4)nc(-c4cccc(-c5cccc6sc7cc8c9cccc%10c%11ccccc%11n(c8cc7c56)c%109)c4)n3)c2)cc1. The third-order valence-corrected chi connectivity index (χ3v) is 12.3. The topological polar surface area (TPSA) is 43.1 Å². The third-order valence-electron chi connectivity index (χ3n) is 11.2. The van der Waals surface area contributed by atoms with Gasteiger partial charge >= 0.3 is 0 Å². The molecule has 0 aliphatic heterocycles. The van der Waals surface area contributed by atoms with Crippen molar-refractivity contribution in [2.45, 2.75) is 0 Å². The lowest BCUT2D eigenvalue weighted by Crippen LogP contribution is -2.00. The van der Waals surface area contributed by atoms with Crippen LogP contribution in [0.2, 0.25) is 0 Å². The molecule has 0 aliphatic rings. The van der Waals surface area contributed by atoms with E-state index in [9.17, 15) is 0 Å². The highest BCUT2D eigenvalue weighted by molar-refractivity contribution is 7.26. The average Bonchev–Trinajstić information content (AvgIpc) is 3.93. The van der Waals surface area contributed by atoms with E-state index in [2.05, 4.69) is 162 Å². The van der Waals surface area contributed by atoms with E-state index >= 15 is 0 Å². The van der Waals surface area contributed by atoms with Crippen LogP contribution in [-0.2, 0) is 0 Å². The first-order valence-corrected chi connectivity index (χ1v) is 19.7. The number of hydrogen-bond acceptors (Lipinski definition) is 4. The Bertz CT molecular complexity index is 3470. The fourth-order valence-electron chi connectivity index (χ4n) is 8.63. The molecule has 0 aliphatic carbocycles. The standard InChI is InChI=1S/C51H30N4S/c1-3-13-31(14-4-1)33-17-9-19-35(27-33)50-52-49(32-15-5-2-6-16-32)53-51(54-50)36-20-10-18-34(28-36)37-22-12-26-45-47(37)42-29-44-41(30-46(42)56-45)40-24-11-23-39-38-21-7-8-25-43(38)55(44)48(39)40/h1-30H. The zero-order valence-electron chi connectivity index (χ0n) is 30.0. The van der Waals surface area contributed by atoms with E-state index in [4.69, 9.17) is 15.0 Å². The van der Waals surface area contributed by atoms with Crippen molar-refractivity contribution in [3.8, 4) is 56.4 Å². The van der Waals surface area contributed by atoms with Crippen LogP contribution >= 0.6 is 11.3 Å². The Hall–Kier alpha value is -7.21. The normalized spacial score (nSPS) is 11.9. The van der Waals surface area contributed by atoms with Crippen LogP contribution in [0.5, 0.6) is 0 Å². The summed E-state index contributed by atoms with van der Waals surface area (Å²) in [6.45, 7) is 0. The van der Waals surface area contributed by atoms with Crippen LogP contribution in [-0.4, -0.2) is 19.4 Å². The number of benzene rings is 8. The van der Waals surface area contributed by atoms with Gasteiger partial charge in [-0.3, -0.25) is 0 Å². The summed E-state index contributed by atoms with van der Waals surface area (Å²) in [4.78, 5) is 15.3. The molecule has 12 rings (SSSR count). The van der Waals surface area contributed by atoms with Crippen molar-refractivity contribution >= 4 is 69.6 Å². The molecule has 0 saturated carbocycles. The molecule has 4 heterocycles. The molecule has 0 amide bonds. The number of aromatic nitrogens is 4. The molecule has 0 N–H and O–H groups in total. The molecule has 0 unspecified atom stereocenters. The molecule has 4 aromatic heterocycles. The lowest BCUT2D eigenvalue weighted by atomic mass is 9.97. The summed E-state index contributed by atoms with van der Waals surface area (Å²) < 4.78 is 5.04. The largest absolute Gasteiger partial charge is 0.308 e. The van der Waals surface area contributed by atoms with Gasteiger partial charge in [-0.05, 0) is 58.7 Å². The monoisotopic (exact) mass is 730 g/mol. The van der Waals surface area contributed by atoms with E-state index in [0.29, 0.717) is 17.5 Å². The van der Waals surface area contributed by atoms with E-state index in [1.807, 2.05) is 35.6 Å². The quantitative estimate of drug-likeness (QED) is 0.177. The second-order valence-corrected chi connectivity index (χ2v) is 15.5. The van der Waals surface area contributed by atoms with Gasteiger partial charge in [0.1, 0.15) is 0 Å². The van der Waals surface area contributed by atoms with Gasteiger partial charge in [-0.1, -0.05) is 146 Å². The summed E-state index contributed by atoms with van der Waals surface area (Å²) in [5.74, 6) is 1.93. The molecule has 56 heavy (non-hydrogen) atoms. The number of para-hydroxylation sites is 2. The Morgan fingerprint density at radius 3 is 1.66 bits per heavy atom. The highest BCUT2D eigenvalue weighted by atomic mass is 32.1. The van der Waals surface area contributed by atoms with Gasteiger partial charge in [0, 0.05) is 58.4 Å².